The molecule has 1 N–H and O–H groups in total. The van der Waals surface area contributed by atoms with E-state index in [0.29, 0.717) is 50.2 Å². The highest BCUT2D eigenvalue weighted by atomic mass is 32.1. The van der Waals surface area contributed by atoms with Crippen molar-refractivity contribution < 1.29 is 23.1 Å². The number of hydrogen-bond donors (Lipinski definition) is 1. The summed E-state index contributed by atoms with van der Waals surface area (Å²) >= 11 is 0.560. The summed E-state index contributed by atoms with van der Waals surface area (Å²) in [5.41, 5.74) is 1.41. The fourth-order valence-corrected chi connectivity index (χ4v) is 4.99. The lowest BCUT2D eigenvalue weighted by atomic mass is 9.74. The van der Waals surface area contributed by atoms with Gasteiger partial charge in [-0.15, -0.1) is 10.2 Å². The van der Waals surface area contributed by atoms with Crippen molar-refractivity contribution in [1.29, 1.82) is 0 Å². The second-order valence-corrected chi connectivity index (χ2v) is 8.45. The largest absolute Gasteiger partial charge is 0.445 e. The molecule has 0 saturated carbocycles. The van der Waals surface area contributed by atoms with Gasteiger partial charge in [0.2, 0.25) is 10.1 Å². The molecule has 27 heavy (non-hydrogen) atoms. The molecule has 0 aromatic carbocycles. The molecule has 1 saturated heterocycles. The molecule has 146 valence electrons. The predicted molar refractivity (Wildman–Crippen MR) is 94.0 cm³/mol. The molecule has 1 atom stereocenters. The van der Waals surface area contributed by atoms with E-state index in [4.69, 9.17) is 0 Å². The van der Waals surface area contributed by atoms with Crippen molar-refractivity contribution in [3.05, 3.63) is 16.2 Å². The van der Waals surface area contributed by atoms with Gasteiger partial charge in [-0.2, -0.15) is 13.2 Å². The highest BCUT2D eigenvalue weighted by Gasteiger charge is 2.43. The Morgan fingerprint density at radius 3 is 2.59 bits per heavy atom. The van der Waals surface area contributed by atoms with Crippen molar-refractivity contribution in [1.82, 2.24) is 10.2 Å². The first-order chi connectivity index (χ1) is 12.6. The van der Waals surface area contributed by atoms with Crippen molar-refractivity contribution in [3.63, 3.8) is 0 Å². The Labute approximate surface area is 157 Å². The standard InChI is InChI=1S/C17H19F3N4O2S/c1-16(26)7-11(25)6-10-8-21-13(12(10)16)9-2-4-24(5-3-9)15-23-22-14(27-15)17(18,19)20/h9,26H,2-8H2,1H3. The van der Waals surface area contributed by atoms with Crippen molar-refractivity contribution in [2.75, 3.05) is 24.5 Å². The van der Waals surface area contributed by atoms with Crippen LogP contribution in [-0.2, 0) is 11.0 Å². The van der Waals surface area contributed by atoms with Gasteiger partial charge in [0.05, 0.1) is 12.1 Å². The molecule has 6 nitrogen and oxygen atoms in total. The molecule has 3 heterocycles. The normalized spacial score (nSPS) is 27.2. The molecule has 0 radical (unpaired) electrons. The Balaban J connectivity index is 1.46. The summed E-state index contributed by atoms with van der Waals surface area (Å²) in [5, 5.41) is 17.0. The molecule has 1 unspecified atom stereocenters. The van der Waals surface area contributed by atoms with E-state index in [0.717, 1.165) is 16.9 Å². The molecule has 0 spiro atoms. The van der Waals surface area contributed by atoms with Gasteiger partial charge in [0, 0.05) is 43.1 Å². The van der Waals surface area contributed by atoms with Crippen LogP contribution in [0.4, 0.5) is 18.3 Å². The third-order valence-electron chi connectivity index (χ3n) is 5.35. The second-order valence-electron chi connectivity index (χ2n) is 7.49. The number of rotatable bonds is 2. The van der Waals surface area contributed by atoms with Crippen molar-refractivity contribution >= 4 is 28.0 Å². The molecule has 1 aliphatic carbocycles. The summed E-state index contributed by atoms with van der Waals surface area (Å²) < 4.78 is 38.1. The number of hydrogen-bond acceptors (Lipinski definition) is 7. The number of carbonyl (C=O) groups is 1. The van der Waals surface area contributed by atoms with Crippen LogP contribution in [0.5, 0.6) is 0 Å². The lowest BCUT2D eigenvalue weighted by Gasteiger charge is -2.36. The van der Waals surface area contributed by atoms with Crippen LogP contribution in [0.15, 0.2) is 16.1 Å². The maximum Gasteiger partial charge on any atom is 0.445 e. The molecule has 0 bridgehead atoms. The van der Waals surface area contributed by atoms with Crippen LogP contribution in [0.3, 0.4) is 0 Å². The summed E-state index contributed by atoms with van der Waals surface area (Å²) in [6.45, 7) is 3.23. The van der Waals surface area contributed by atoms with Crippen LogP contribution >= 0.6 is 11.3 Å². The predicted octanol–water partition coefficient (Wildman–Crippen LogP) is 2.64. The van der Waals surface area contributed by atoms with Gasteiger partial charge in [-0.05, 0) is 25.3 Å². The average molecular weight is 400 g/mol. The minimum Gasteiger partial charge on any atom is -0.385 e. The number of aromatic nitrogens is 2. The average Bonchev–Trinajstić information content (AvgIpc) is 3.21. The minimum absolute atomic E-state index is 0.0294. The molecule has 3 aliphatic rings. The van der Waals surface area contributed by atoms with Crippen LogP contribution in [0.2, 0.25) is 0 Å². The summed E-state index contributed by atoms with van der Waals surface area (Å²) in [6, 6.07) is 0. The summed E-state index contributed by atoms with van der Waals surface area (Å²) in [5.74, 6) is 0.158. The molecule has 4 rings (SSSR count). The smallest absolute Gasteiger partial charge is 0.385 e. The Morgan fingerprint density at radius 2 is 1.96 bits per heavy atom. The first-order valence-corrected chi connectivity index (χ1v) is 9.64. The van der Waals surface area contributed by atoms with Gasteiger partial charge in [-0.25, -0.2) is 0 Å². The highest BCUT2D eigenvalue weighted by molar-refractivity contribution is 7.15. The zero-order valence-electron chi connectivity index (χ0n) is 14.7. The minimum atomic E-state index is -4.47. The molecule has 10 heteroatoms. The van der Waals surface area contributed by atoms with E-state index in [1.807, 2.05) is 4.90 Å². The van der Waals surface area contributed by atoms with Gasteiger partial charge in [-0.3, -0.25) is 9.79 Å². The quantitative estimate of drug-likeness (QED) is 0.826. The monoisotopic (exact) mass is 400 g/mol. The van der Waals surface area contributed by atoms with Gasteiger partial charge in [-0.1, -0.05) is 11.3 Å². The highest BCUT2D eigenvalue weighted by Crippen LogP contribution is 2.41. The summed E-state index contributed by atoms with van der Waals surface area (Å²) in [4.78, 5) is 18.3. The topological polar surface area (TPSA) is 78.7 Å². The van der Waals surface area contributed by atoms with Gasteiger partial charge >= 0.3 is 6.18 Å². The van der Waals surface area contributed by atoms with Gasteiger partial charge < -0.3 is 10.0 Å². The molecule has 0 amide bonds. The van der Waals surface area contributed by atoms with Crippen LogP contribution in [0.25, 0.3) is 0 Å². The van der Waals surface area contributed by atoms with E-state index >= 15 is 0 Å². The molecule has 2 aliphatic heterocycles. The Bertz CT molecular complexity index is 835. The number of anilines is 1. The fraction of sp³-hybridized carbons (Fsp3) is 0.647. The SMILES string of the molecule is CC1(O)CC(=O)CC2=C1C(C1CCN(c3nnc(C(F)(F)F)s3)CC1)=NC2. The van der Waals surface area contributed by atoms with E-state index in [1.165, 1.54) is 0 Å². The number of Topliss-reactive ketones (excluding diaryl/α,β-unsaturated/α-hetero) is 1. The Morgan fingerprint density at radius 1 is 1.26 bits per heavy atom. The maximum absolute atomic E-state index is 12.7. The third-order valence-corrected chi connectivity index (χ3v) is 6.38. The maximum atomic E-state index is 12.7. The molecule has 1 fully saturated rings. The van der Waals surface area contributed by atoms with E-state index in [-0.39, 0.29) is 23.3 Å². The zero-order valence-corrected chi connectivity index (χ0v) is 15.5. The molecule has 1 aromatic rings. The summed E-state index contributed by atoms with van der Waals surface area (Å²) in [7, 11) is 0. The van der Waals surface area contributed by atoms with Crippen LogP contribution in [0.1, 0.15) is 37.6 Å². The Kier molecular flexibility index (Phi) is 4.38. The van der Waals surface area contributed by atoms with Gasteiger partial charge in [0.1, 0.15) is 5.78 Å². The first-order valence-electron chi connectivity index (χ1n) is 8.82. The molecular formula is C17H19F3N4O2S. The van der Waals surface area contributed by atoms with Crippen LogP contribution in [0, 0.1) is 5.92 Å². The lowest BCUT2D eigenvalue weighted by Crippen LogP contribution is -2.42. The van der Waals surface area contributed by atoms with Crippen molar-refractivity contribution in [3.8, 4) is 0 Å². The lowest BCUT2D eigenvalue weighted by molar-refractivity contribution is -0.138. The number of alkyl halides is 3. The van der Waals surface area contributed by atoms with Gasteiger partial charge in [0.25, 0.3) is 0 Å². The van der Waals surface area contributed by atoms with E-state index in [2.05, 4.69) is 15.2 Å². The number of piperidine rings is 1. The Hall–Kier alpha value is -1.81. The number of nitrogens with zero attached hydrogens (tertiary/aromatic N) is 4. The molecule has 1 aromatic heterocycles. The third kappa shape index (κ3) is 3.40. The summed E-state index contributed by atoms with van der Waals surface area (Å²) in [6.07, 6.45) is -2.60. The zero-order chi connectivity index (χ0) is 19.4. The number of halogens is 3. The molecular weight excluding hydrogens is 381 g/mol. The van der Waals surface area contributed by atoms with Gasteiger partial charge in [0.15, 0.2) is 0 Å². The van der Waals surface area contributed by atoms with Crippen molar-refractivity contribution in [2.24, 2.45) is 10.9 Å². The van der Waals surface area contributed by atoms with Crippen LogP contribution in [-0.4, -0.2) is 52.0 Å². The number of aliphatic hydroxyl groups is 1. The van der Waals surface area contributed by atoms with E-state index in [1.54, 1.807) is 6.92 Å². The van der Waals surface area contributed by atoms with E-state index in [9.17, 15) is 23.1 Å². The van der Waals surface area contributed by atoms with Crippen LogP contribution < -0.4 is 4.90 Å². The number of carbonyl (C=O) groups excluding carboxylic acids is 1. The number of ketones is 1. The second kappa shape index (κ2) is 6.37. The fourth-order valence-electron chi connectivity index (χ4n) is 4.23. The number of aliphatic imine (C=N–C) groups is 1. The van der Waals surface area contributed by atoms with E-state index < -0.39 is 16.8 Å². The van der Waals surface area contributed by atoms with Crippen molar-refractivity contribution in [2.45, 2.75) is 44.4 Å². The first kappa shape index (κ1) is 18.5.